The molecule has 8 nitrogen and oxygen atoms in total. The van der Waals surface area contributed by atoms with Crippen molar-refractivity contribution in [3.05, 3.63) is 89.3 Å². The number of hydrogen-bond donors (Lipinski definition) is 1. The molecular weight excluding hydrogens is 448 g/mol. The van der Waals surface area contributed by atoms with E-state index in [1.165, 1.54) is 17.2 Å². The number of aliphatic hydroxyl groups excluding tert-OH is 1. The first-order valence-electron chi connectivity index (χ1n) is 11.7. The van der Waals surface area contributed by atoms with E-state index in [0.717, 1.165) is 18.4 Å². The highest BCUT2D eigenvalue weighted by molar-refractivity contribution is 6.15. The number of amides is 1. The second-order valence-corrected chi connectivity index (χ2v) is 8.11. The number of hydrogen-bond acceptors (Lipinski definition) is 7. The normalized spacial score (nSPS) is 15.5. The topological polar surface area (TPSA) is 102 Å². The Hall–Kier alpha value is -4.07. The Morgan fingerprint density at radius 1 is 1.14 bits per heavy atom. The SMILES string of the molecule is CCCCOc1ccc(C2C(C(=O)c3ccco3)=C(O)C(=O)N2Cc2cccnc2)cc1OCC. The number of aromatic nitrogens is 1. The third-order valence-corrected chi connectivity index (χ3v) is 5.71. The number of ether oxygens (including phenoxy) is 2. The van der Waals surface area contributed by atoms with Crippen molar-refractivity contribution in [1.29, 1.82) is 0 Å². The summed E-state index contributed by atoms with van der Waals surface area (Å²) in [5.41, 5.74) is 1.32. The van der Waals surface area contributed by atoms with Crippen LogP contribution in [-0.2, 0) is 11.3 Å². The molecule has 1 amide bonds. The molecule has 1 aliphatic rings. The molecule has 0 saturated heterocycles. The van der Waals surface area contributed by atoms with Crippen molar-refractivity contribution in [2.75, 3.05) is 13.2 Å². The van der Waals surface area contributed by atoms with Crippen LogP contribution in [-0.4, -0.2) is 39.9 Å². The van der Waals surface area contributed by atoms with E-state index in [0.29, 0.717) is 30.3 Å². The maximum absolute atomic E-state index is 13.3. The van der Waals surface area contributed by atoms with Gasteiger partial charge in [0.2, 0.25) is 5.78 Å². The zero-order valence-corrected chi connectivity index (χ0v) is 19.8. The summed E-state index contributed by atoms with van der Waals surface area (Å²) in [5, 5.41) is 10.8. The lowest BCUT2D eigenvalue weighted by Crippen LogP contribution is -2.30. The highest BCUT2D eigenvalue weighted by Gasteiger charge is 2.44. The Balaban J connectivity index is 1.77. The number of rotatable bonds is 11. The van der Waals surface area contributed by atoms with Crippen LogP contribution in [0.3, 0.4) is 0 Å². The van der Waals surface area contributed by atoms with Gasteiger partial charge >= 0.3 is 0 Å². The summed E-state index contributed by atoms with van der Waals surface area (Å²) in [5.74, 6) is -0.667. The van der Waals surface area contributed by atoms with Gasteiger partial charge in [0.1, 0.15) is 0 Å². The zero-order chi connectivity index (χ0) is 24.8. The Labute approximate surface area is 203 Å². The second kappa shape index (κ2) is 10.9. The van der Waals surface area contributed by atoms with Crippen molar-refractivity contribution in [2.45, 2.75) is 39.3 Å². The third-order valence-electron chi connectivity index (χ3n) is 5.71. The molecule has 35 heavy (non-hydrogen) atoms. The number of pyridine rings is 1. The number of carbonyl (C=O) groups excluding carboxylic acids is 2. The number of carbonyl (C=O) groups is 2. The van der Waals surface area contributed by atoms with Crippen LogP contribution in [0.4, 0.5) is 0 Å². The quantitative estimate of drug-likeness (QED) is 0.306. The van der Waals surface area contributed by atoms with Crippen molar-refractivity contribution in [1.82, 2.24) is 9.88 Å². The number of unbranched alkanes of at least 4 members (excludes halogenated alkanes) is 1. The van der Waals surface area contributed by atoms with Gasteiger partial charge in [-0.15, -0.1) is 0 Å². The van der Waals surface area contributed by atoms with E-state index in [2.05, 4.69) is 11.9 Å². The maximum atomic E-state index is 13.3. The molecule has 182 valence electrons. The van der Waals surface area contributed by atoms with Gasteiger partial charge in [0.05, 0.1) is 31.1 Å². The number of furan rings is 1. The molecule has 0 radical (unpaired) electrons. The summed E-state index contributed by atoms with van der Waals surface area (Å²) in [4.78, 5) is 32.1. The average molecular weight is 477 g/mol. The molecule has 1 N–H and O–H groups in total. The summed E-state index contributed by atoms with van der Waals surface area (Å²) >= 11 is 0. The fourth-order valence-corrected chi connectivity index (χ4v) is 4.03. The molecule has 3 heterocycles. The lowest BCUT2D eigenvalue weighted by atomic mass is 9.94. The lowest BCUT2D eigenvalue weighted by Gasteiger charge is -2.27. The van der Waals surface area contributed by atoms with E-state index >= 15 is 0 Å². The van der Waals surface area contributed by atoms with Gasteiger partial charge in [-0.3, -0.25) is 14.6 Å². The zero-order valence-electron chi connectivity index (χ0n) is 19.8. The van der Waals surface area contributed by atoms with Gasteiger partial charge in [-0.2, -0.15) is 0 Å². The molecule has 1 aromatic carbocycles. The number of benzene rings is 1. The molecule has 0 saturated carbocycles. The molecule has 1 unspecified atom stereocenters. The standard InChI is InChI=1S/C27H28N2O6/c1-3-5-13-34-20-11-10-19(15-22(20)33-4-2)24-23(25(30)21-9-7-14-35-21)26(31)27(32)29(24)17-18-8-6-12-28-16-18/h6-12,14-16,24,31H,3-5,13,17H2,1-2H3. The van der Waals surface area contributed by atoms with Crippen LogP contribution in [0.1, 0.15) is 54.4 Å². The minimum absolute atomic E-state index is 0.0390. The van der Waals surface area contributed by atoms with E-state index in [-0.39, 0.29) is 17.9 Å². The van der Waals surface area contributed by atoms with Crippen LogP contribution < -0.4 is 9.47 Å². The van der Waals surface area contributed by atoms with Crippen LogP contribution in [0.5, 0.6) is 11.5 Å². The Morgan fingerprint density at radius 2 is 2.00 bits per heavy atom. The summed E-state index contributed by atoms with van der Waals surface area (Å²) < 4.78 is 17.0. The van der Waals surface area contributed by atoms with Gasteiger partial charge in [0.15, 0.2) is 23.0 Å². The molecule has 0 spiro atoms. The van der Waals surface area contributed by atoms with Crippen molar-refractivity contribution < 1.29 is 28.6 Å². The monoisotopic (exact) mass is 476 g/mol. The molecule has 1 aliphatic heterocycles. The smallest absolute Gasteiger partial charge is 0.290 e. The Kier molecular flexibility index (Phi) is 7.50. The van der Waals surface area contributed by atoms with E-state index in [1.807, 2.05) is 13.0 Å². The molecule has 2 aromatic heterocycles. The third kappa shape index (κ3) is 5.06. The predicted octanol–water partition coefficient (Wildman–Crippen LogP) is 5.03. The molecule has 8 heteroatoms. The fourth-order valence-electron chi connectivity index (χ4n) is 4.03. The Bertz CT molecular complexity index is 1200. The minimum atomic E-state index is -0.857. The first-order valence-corrected chi connectivity index (χ1v) is 11.7. The van der Waals surface area contributed by atoms with Crippen molar-refractivity contribution in [2.24, 2.45) is 0 Å². The molecule has 0 bridgehead atoms. The highest BCUT2D eigenvalue weighted by Crippen LogP contribution is 2.42. The average Bonchev–Trinajstić information content (AvgIpc) is 3.49. The fraction of sp³-hybridized carbons (Fsp3) is 0.296. The van der Waals surface area contributed by atoms with E-state index in [4.69, 9.17) is 13.9 Å². The largest absolute Gasteiger partial charge is 0.503 e. The first kappa shape index (κ1) is 24.1. The van der Waals surface area contributed by atoms with Crippen LogP contribution in [0.2, 0.25) is 0 Å². The molecular formula is C27H28N2O6. The maximum Gasteiger partial charge on any atom is 0.290 e. The van der Waals surface area contributed by atoms with Crippen LogP contribution in [0.15, 0.2) is 76.9 Å². The summed E-state index contributed by atoms with van der Waals surface area (Å²) in [6.07, 6.45) is 6.56. The molecule has 1 atom stereocenters. The lowest BCUT2D eigenvalue weighted by molar-refractivity contribution is -0.130. The number of aliphatic hydroxyl groups is 1. The highest BCUT2D eigenvalue weighted by atomic mass is 16.5. The summed E-state index contributed by atoms with van der Waals surface area (Å²) in [6, 6.07) is 11.1. The number of Topliss-reactive ketones (excluding diaryl/α,β-unsaturated/α-hetero) is 1. The van der Waals surface area contributed by atoms with Crippen LogP contribution in [0.25, 0.3) is 0 Å². The first-order chi connectivity index (χ1) is 17.0. The van der Waals surface area contributed by atoms with Crippen molar-refractivity contribution >= 4 is 11.7 Å². The molecule has 3 aromatic rings. The molecule has 0 fully saturated rings. The molecule has 0 aliphatic carbocycles. The van der Waals surface area contributed by atoms with Crippen LogP contribution in [0, 0.1) is 0 Å². The van der Waals surface area contributed by atoms with Gasteiger partial charge in [-0.1, -0.05) is 25.5 Å². The molecule has 4 rings (SSSR count). The van der Waals surface area contributed by atoms with Gasteiger partial charge in [0.25, 0.3) is 5.91 Å². The summed E-state index contributed by atoms with van der Waals surface area (Å²) in [7, 11) is 0. The van der Waals surface area contributed by atoms with Crippen molar-refractivity contribution in [3.8, 4) is 11.5 Å². The minimum Gasteiger partial charge on any atom is -0.503 e. The van der Waals surface area contributed by atoms with Crippen LogP contribution >= 0.6 is 0 Å². The van der Waals surface area contributed by atoms with Crippen molar-refractivity contribution in [3.63, 3.8) is 0 Å². The van der Waals surface area contributed by atoms with Gasteiger partial charge in [-0.05, 0) is 54.8 Å². The summed E-state index contributed by atoms with van der Waals surface area (Å²) in [6.45, 7) is 5.06. The van der Waals surface area contributed by atoms with E-state index in [1.54, 1.807) is 42.7 Å². The predicted molar refractivity (Wildman–Crippen MR) is 128 cm³/mol. The number of ketones is 1. The Morgan fingerprint density at radius 3 is 2.69 bits per heavy atom. The van der Waals surface area contributed by atoms with Gasteiger partial charge < -0.3 is 23.9 Å². The van der Waals surface area contributed by atoms with E-state index in [9.17, 15) is 14.7 Å². The number of nitrogens with zero attached hydrogens (tertiary/aromatic N) is 2. The van der Waals surface area contributed by atoms with Gasteiger partial charge in [0, 0.05) is 18.9 Å². The second-order valence-electron chi connectivity index (χ2n) is 8.11. The van der Waals surface area contributed by atoms with E-state index < -0.39 is 23.5 Å². The van der Waals surface area contributed by atoms with Gasteiger partial charge in [-0.25, -0.2) is 0 Å².